The molecule has 0 aliphatic carbocycles. The Hall–Kier alpha value is -3.74. The van der Waals surface area contributed by atoms with Crippen LogP contribution in [0.5, 0.6) is 0 Å². The average molecular weight is 378 g/mol. The van der Waals surface area contributed by atoms with E-state index in [9.17, 15) is 19.7 Å². The van der Waals surface area contributed by atoms with E-state index in [2.05, 4.69) is 5.32 Å². The molecule has 0 aromatic heterocycles. The van der Waals surface area contributed by atoms with Gasteiger partial charge in [0.25, 0.3) is 11.6 Å². The van der Waals surface area contributed by atoms with E-state index in [1.165, 1.54) is 32.0 Å². The molecule has 0 aliphatic rings. The van der Waals surface area contributed by atoms with Crippen molar-refractivity contribution in [3.63, 3.8) is 0 Å². The molecule has 0 aliphatic heterocycles. The van der Waals surface area contributed by atoms with Crippen molar-refractivity contribution < 1.29 is 19.2 Å². The number of anilines is 1. The van der Waals surface area contributed by atoms with Crippen molar-refractivity contribution >= 4 is 34.0 Å². The van der Waals surface area contributed by atoms with Crippen molar-refractivity contribution in [2.45, 2.75) is 20.0 Å². The number of nitro groups is 1. The number of carbonyl (C=O) groups excluding carboxylic acids is 2. The lowest BCUT2D eigenvalue weighted by atomic mass is 10.1. The van der Waals surface area contributed by atoms with Crippen LogP contribution in [0.25, 0.3) is 10.8 Å². The maximum Gasteiger partial charge on any atom is 0.339 e. The summed E-state index contributed by atoms with van der Waals surface area (Å²) in [5.74, 6) is -1.28. The summed E-state index contributed by atoms with van der Waals surface area (Å²) in [6.45, 7) is 2.92. The minimum Gasteiger partial charge on any atom is -0.449 e. The number of esters is 1. The average Bonchev–Trinajstić information content (AvgIpc) is 2.68. The van der Waals surface area contributed by atoms with E-state index in [-0.39, 0.29) is 16.8 Å². The number of rotatable bonds is 5. The number of hydrogen-bond donors (Lipinski definition) is 1. The van der Waals surface area contributed by atoms with Crippen LogP contribution in [0.2, 0.25) is 0 Å². The van der Waals surface area contributed by atoms with Crippen LogP contribution in [-0.2, 0) is 9.53 Å². The molecule has 0 fully saturated rings. The number of nitro benzene ring substituents is 1. The summed E-state index contributed by atoms with van der Waals surface area (Å²) in [5, 5.41) is 15.6. The molecule has 142 valence electrons. The smallest absolute Gasteiger partial charge is 0.339 e. The molecule has 0 heterocycles. The third kappa shape index (κ3) is 3.83. The summed E-state index contributed by atoms with van der Waals surface area (Å²) in [6, 6.07) is 17.2. The largest absolute Gasteiger partial charge is 0.449 e. The summed E-state index contributed by atoms with van der Waals surface area (Å²) in [7, 11) is 0. The van der Waals surface area contributed by atoms with Gasteiger partial charge in [-0.15, -0.1) is 0 Å². The normalized spacial score (nSPS) is 11.6. The predicted molar refractivity (Wildman–Crippen MR) is 105 cm³/mol. The number of amides is 1. The molecule has 0 unspecified atom stereocenters. The fraction of sp³-hybridized carbons (Fsp3) is 0.143. The third-order valence-electron chi connectivity index (χ3n) is 4.42. The first kappa shape index (κ1) is 19.0. The van der Waals surface area contributed by atoms with Gasteiger partial charge >= 0.3 is 5.97 Å². The van der Waals surface area contributed by atoms with Gasteiger partial charge in [0.1, 0.15) is 0 Å². The Labute approximate surface area is 161 Å². The van der Waals surface area contributed by atoms with Gasteiger partial charge in [0.15, 0.2) is 6.10 Å². The highest BCUT2D eigenvalue weighted by molar-refractivity contribution is 6.04. The quantitative estimate of drug-likeness (QED) is 0.407. The Kier molecular flexibility index (Phi) is 5.35. The van der Waals surface area contributed by atoms with E-state index in [0.717, 1.165) is 10.8 Å². The van der Waals surface area contributed by atoms with Crippen molar-refractivity contribution in [1.29, 1.82) is 0 Å². The Morgan fingerprint density at radius 2 is 1.71 bits per heavy atom. The van der Waals surface area contributed by atoms with Gasteiger partial charge in [0.05, 0.1) is 10.5 Å². The number of fused-ring (bicyclic) bond motifs is 1. The third-order valence-corrected chi connectivity index (χ3v) is 4.42. The van der Waals surface area contributed by atoms with Crippen molar-refractivity contribution in [2.24, 2.45) is 0 Å². The summed E-state index contributed by atoms with van der Waals surface area (Å²) >= 11 is 0. The van der Waals surface area contributed by atoms with E-state index >= 15 is 0 Å². The standard InChI is InChI=1S/C21H18N2O5/c1-13-16(10-6-12-19(13)23(26)27)21(25)28-14(2)20(24)22-18-11-5-8-15-7-3-4-9-17(15)18/h3-12,14H,1-2H3,(H,22,24)/t14-/m1/s1. The van der Waals surface area contributed by atoms with Crippen LogP contribution in [-0.4, -0.2) is 22.9 Å². The van der Waals surface area contributed by atoms with E-state index < -0.39 is 22.9 Å². The Balaban J connectivity index is 1.75. The Bertz CT molecular complexity index is 1070. The van der Waals surface area contributed by atoms with Gasteiger partial charge < -0.3 is 10.1 Å². The van der Waals surface area contributed by atoms with Gasteiger partial charge in [-0.2, -0.15) is 0 Å². The highest BCUT2D eigenvalue weighted by Gasteiger charge is 2.23. The SMILES string of the molecule is Cc1c(C(=O)O[C@H](C)C(=O)Nc2cccc3ccccc23)cccc1[N+](=O)[O-]. The van der Waals surface area contributed by atoms with Crippen molar-refractivity contribution in [2.75, 3.05) is 5.32 Å². The zero-order valence-corrected chi connectivity index (χ0v) is 15.3. The molecule has 0 saturated heterocycles. The molecule has 0 saturated carbocycles. The molecule has 0 spiro atoms. The fourth-order valence-electron chi connectivity index (χ4n) is 2.89. The number of ether oxygens (including phenoxy) is 1. The Morgan fingerprint density at radius 1 is 1.04 bits per heavy atom. The number of carbonyl (C=O) groups is 2. The predicted octanol–water partition coefficient (Wildman–Crippen LogP) is 4.24. The van der Waals surface area contributed by atoms with Crippen LogP contribution in [0, 0.1) is 17.0 Å². The lowest BCUT2D eigenvalue weighted by Gasteiger charge is -2.15. The maximum atomic E-state index is 12.5. The topological polar surface area (TPSA) is 98.5 Å². The number of nitrogens with zero attached hydrogens (tertiary/aromatic N) is 1. The first-order chi connectivity index (χ1) is 13.4. The first-order valence-electron chi connectivity index (χ1n) is 8.62. The number of nitrogens with one attached hydrogen (secondary N) is 1. The number of hydrogen-bond acceptors (Lipinski definition) is 5. The van der Waals surface area contributed by atoms with Gasteiger partial charge in [0, 0.05) is 22.7 Å². The molecule has 0 bridgehead atoms. The second kappa shape index (κ2) is 7.87. The molecule has 1 amide bonds. The van der Waals surface area contributed by atoms with Gasteiger partial charge in [-0.25, -0.2) is 4.79 Å². The molecule has 28 heavy (non-hydrogen) atoms. The molecular formula is C21H18N2O5. The molecular weight excluding hydrogens is 360 g/mol. The zero-order valence-electron chi connectivity index (χ0n) is 15.3. The fourth-order valence-corrected chi connectivity index (χ4v) is 2.89. The highest BCUT2D eigenvalue weighted by Crippen LogP contribution is 2.24. The lowest BCUT2D eigenvalue weighted by Crippen LogP contribution is -2.30. The second-order valence-electron chi connectivity index (χ2n) is 6.27. The van der Waals surface area contributed by atoms with Gasteiger partial charge in [-0.1, -0.05) is 42.5 Å². The van der Waals surface area contributed by atoms with Crippen molar-refractivity contribution in [1.82, 2.24) is 0 Å². The van der Waals surface area contributed by atoms with Crippen molar-refractivity contribution in [3.05, 3.63) is 81.9 Å². The summed E-state index contributed by atoms with van der Waals surface area (Å²) in [4.78, 5) is 35.3. The molecule has 1 atom stereocenters. The summed E-state index contributed by atoms with van der Waals surface area (Å²) in [5.41, 5.74) is 0.679. The minimum atomic E-state index is -1.08. The minimum absolute atomic E-state index is 0.0546. The molecule has 7 nitrogen and oxygen atoms in total. The van der Waals surface area contributed by atoms with Gasteiger partial charge in [0.2, 0.25) is 0 Å². The van der Waals surface area contributed by atoms with Crippen LogP contribution in [0.1, 0.15) is 22.8 Å². The molecule has 3 aromatic rings. The highest BCUT2D eigenvalue weighted by atomic mass is 16.6. The monoisotopic (exact) mass is 378 g/mol. The second-order valence-corrected chi connectivity index (χ2v) is 6.27. The van der Waals surface area contributed by atoms with Crippen LogP contribution < -0.4 is 5.32 Å². The van der Waals surface area contributed by atoms with E-state index in [0.29, 0.717) is 5.69 Å². The first-order valence-corrected chi connectivity index (χ1v) is 8.62. The molecule has 7 heteroatoms. The molecule has 3 rings (SSSR count). The van der Waals surface area contributed by atoms with Crippen LogP contribution in [0.15, 0.2) is 60.7 Å². The molecule has 3 aromatic carbocycles. The zero-order chi connectivity index (χ0) is 20.3. The van der Waals surface area contributed by atoms with Crippen LogP contribution in [0.3, 0.4) is 0 Å². The molecule has 0 radical (unpaired) electrons. The maximum absolute atomic E-state index is 12.5. The van der Waals surface area contributed by atoms with E-state index in [1.54, 1.807) is 6.07 Å². The van der Waals surface area contributed by atoms with Crippen LogP contribution >= 0.6 is 0 Å². The lowest BCUT2D eigenvalue weighted by molar-refractivity contribution is -0.385. The van der Waals surface area contributed by atoms with Gasteiger partial charge in [-0.05, 0) is 31.4 Å². The summed E-state index contributed by atoms with van der Waals surface area (Å²) in [6.07, 6.45) is -1.08. The number of benzene rings is 3. The Morgan fingerprint density at radius 3 is 2.46 bits per heavy atom. The van der Waals surface area contributed by atoms with Crippen molar-refractivity contribution in [3.8, 4) is 0 Å². The van der Waals surface area contributed by atoms with Gasteiger partial charge in [-0.3, -0.25) is 14.9 Å². The van der Waals surface area contributed by atoms with E-state index in [1.807, 2.05) is 36.4 Å². The van der Waals surface area contributed by atoms with Crippen LogP contribution in [0.4, 0.5) is 11.4 Å². The van der Waals surface area contributed by atoms with E-state index in [4.69, 9.17) is 4.74 Å². The molecule has 1 N–H and O–H groups in total. The summed E-state index contributed by atoms with van der Waals surface area (Å²) < 4.78 is 5.22.